The van der Waals surface area contributed by atoms with Crippen LogP contribution in [0, 0.1) is 0 Å². The monoisotopic (exact) mass is 210 g/mol. The van der Waals surface area contributed by atoms with Crippen LogP contribution in [0.5, 0.6) is 0 Å². The van der Waals surface area contributed by atoms with Crippen LogP contribution in [0.15, 0.2) is 17.5 Å². The molecule has 2 heterocycles. The lowest BCUT2D eigenvalue weighted by molar-refractivity contribution is 0.0719. The van der Waals surface area contributed by atoms with Crippen LogP contribution in [-0.2, 0) is 0 Å². The summed E-state index contributed by atoms with van der Waals surface area (Å²) in [4.78, 5) is 14.6. The van der Waals surface area contributed by atoms with Crippen molar-refractivity contribution in [1.29, 1.82) is 0 Å². The van der Waals surface area contributed by atoms with Crippen LogP contribution < -0.4 is 5.73 Å². The number of likely N-dealkylation sites (tertiary alicyclic amines) is 1. The van der Waals surface area contributed by atoms with Crippen LogP contribution in [0.1, 0.15) is 22.5 Å². The molecule has 1 aromatic heterocycles. The fourth-order valence-electron chi connectivity index (χ4n) is 1.66. The summed E-state index contributed by atoms with van der Waals surface area (Å²) < 4.78 is 0. The van der Waals surface area contributed by atoms with E-state index in [1.165, 1.54) is 11.3 Å². The number of nitrogens with zero attached hydrogens (tertiary/aromatic N) is 1. The van der Waals surface area contributed by atoms with E-state index >= 15 is 0 Å². The van der Waals surface area contributed by atoms with Gasteiger partial charge in [-0.2, -0.15) is 0 Å². The molecule has 2 N–H and O–H groups in total. The molecule has 1 aromatic rings. The third kappa shape index (κ3) is 1.96. The fourth-order valence-corrected chi connectivity index (χ4v) is 2.35. The maximum Gasteiger partial charge on any atom is 0.263 e. The van der Waals surface area contributed by atoms with Crippen LogP contribution in [0.25, 0.3) is 0 Å². The lowest BCUT2D eigenvalue weighted by atomic mass is 10.1. The zero-order valence-corrected chi connectivity index (χ0v) is 8.80. The van der Waals surface area contributed by atoms with E-state index in [1.54, 1.807) is 0 Å². The number of rotatable bonds is 1. The smallest absolute Gasteiger partial charge is 0.263 e. The molecule has 1 aliphatic rings. The molecule has 0 atom stereocenters. The minimum atomic E-state index is 0.159. The summed E-state index contributed by atoms with van der Waals surface area (Å²) in [5, 5.41) is 1.93. The molecule has 0 spiro atoms. The number of nitrogens with two attached hydrogens (primary N) is 1. The first-order valence-electron chi connectivity index (χ1n) is 4.86. The summed E-state index contributed by atoms with van der Waals surface area (Å²) in [5.41, 5.74) is 5.78. The van der Waals surface area contributed by atoms with E-state index in [4.69, 9.17) is 5.73 Å². The molecule has 0 aliphatic carbocycles. The summed E-state index contributed by atoms with van der Waals surface area (Å²) in [5.74, 6) is 0.159. The predicted molar refractivity (Wildman–Crippen MR) is 57.4 cm³/mol. The molecular formula is C10H14N2OS. The van der Waals surface area contributed by atoms with Gasteiger partial charge in [0.1, 0.15) is 0 Å². The predicted octanol–water partition coefficient (Wildman–Crippen LogP) is 1.31. The standard InChI is InChI=1S/C10H14N2OS/c11-8-3-5-12(6-4-8)10(13)9-2-1-7-14-9/h1-2,7-8H,3-6,11H2. The SMILES string of the molecule is NC1CCN(C(=O)c2cccs2)CC1. The van der Waals surface area contributed by atoms with Crippen molar-refractivity contribution in [3.8, 4) is 0 Å². The van der Waals surface area contributed by atoms with Crippen LogP contribution in [0.4, 0.5) is 0 Å². The highest BCUT2D eigenvalue weighted by Gasteiger charge is 2.21. The summed E-state index contributed by atoms with van der Waals surface area (Å²) in [6.07, 6.45) is 1.86. The molecule has 4 heteroatoms. The molecule has 3 nitrogen and oxygen atoms in total. The molecule has 76 valence electrons. The Hall–Kier alpha value is -0.870. The van der Waals surface area contributed by atoms with Gasteiger partial charge in [-0.25, -0.2) is 0 Å². The van der Waals surface area contributed by atoms with Gasteiger partial charge in [0.25, 0.3) is 5.91 Å². The Morgan fingerprint density at radius 2 is 2.21 bits per heavy atom. The Balaban J connectivity index is 1.99. The third-order valence-electron chi connectivity index (χ3n) is 2.56. The van der Waals surface area contributed by atoms with Gasteiger partial charge in [-0.1, -0.05) is 6.07 Å². The summed E-state index contributed by atoms with van der Waals surface area (Å²) >= 11 is 1.50. The van der Waals surface area contributed by atoms with Gasteiger partial charge in [0.15, 0.2) is 0 Å². The Kier molecular flexibility index (Phi) is 2.84. The van der Waals surface area contributed by atoms with Crippen LogP contribution >= 0.6 is 11.3 Å². The van der Waals surface area contributed by atoms with Crippen molar-refractivity contribution >= 4 is 17.2 Å². The van der Waals surface area contributed by atoms with Gasteiger partial charge in [-0.3, -0.25) is 4.79 Å². The quantitative estimate of drug-likeness (QED) is 0.759. The van der Waals surface area contributed by atoms with Gasteiger partial charge in [-0.15, -0.1) is 11.3 Å². The van der Waals surface area contributed by atoms with E-state index in [-0.39, 0.29) is 11.9 Å². The molecule has 14 heavy (non-hydrogen) atoms. The number of thiophene rings is 1. The van der Waals surface area contributed by atoms with Gasteiger partial charge >= 0.3 is 0 Å². The van der Waals surface area contributed by atoms with Gasteiger partial charge < -0.3 is 10.6 Å². The Labute approximate surface area is 87.5 Å². The lowest BCUT2D eigenvalue weighted by Crippen LogP contribution is -2.42. The number of hydrogen-bond donors (Lipinski definition) is 1. The van der Waals surface area contributed by atoms with E-state index in [0.717, 1.165) is 30.8 Å². The van der Waals surface area contributed by atoms with E-state index in [1.807, 2.05) is 22.4 Å². The van der Waals surface area contributed by atoms with Crippen LogP contribution in [-0.4, -0.2) is 29.9 Å². The van der Waals surface area contributed by atoms with Crippen molar-refractivity contribution < 1.29 is 4.79 Å². The molecular weight excluding hydrogens is 196 g/mol. The Bertz CT molecular complexity index is 302. The van der Waals surface area contributed by atoms with E-state index in [0.29, 0.717) is 0 Å². The van der Waals surface area contributed by atoms with Crippen LogP contribution in [0.3, 0.4) is 0 Å². The minimum Gasteiger partial charge on any atom is -0.338 e. The number of amides is 1. The Morgan fingerprint density at radius 3 is 2.79 bits per heavy atom. The second kappa shape index (κ2) is 4.11. The first kappa shape index (κ1) is 9.68. The summed E-state index contributed by atoms with van der Waals surface area (Å²) in [6, 6.07) is 4.07. The van der Waals surface area contributed by atoms with E-state index in [9.17, 15) is 4.79 Å². The first-order valence-corrected chi connectivity index (χ1v) is 5.73. The molecule has 0 radical (unpaired) electrons. The molecule has 0 aromatic carbocycles. The zero-order chi connectivity index (χ0) is 9.97. The minimum absolute atomic E-state index is 0.159. The number of hydrogen-bond acceptors (Lipinski definition) is 3. The highest BCUT2D eigenvalue weighted by molar-refractivity contribution is 7.12. The van der Waals surface area contributed by atoms with Gasteiger partial charge in [0.05, 0.1) is 4.88 Å². The Morgan fingerprint density at radius 1 is 1.50 bits per heavy atom. The second-order valence-electron chi connectivity index (χ2n) is 3.61. The second-order valence-corrected chi connectivity index (χ2v) is 4.55. The summed E-state index contributed by atoms with van der Waals surface area (Å²) in [7, 11) is 0. The first-order chi connectivity index (χ1) is 6.77. The van der Waals surface area contributed by atoms with E-state index in [2.05, 4.69) is 0 Å². The highest BCUT2D eigenvalue weighted by atomic mass is 32.1. The number of carbonyl (C=O) groups excluding carboxylic acids is 1. The average Bonchev–Trinajstić information content (AvgIpc) is 2.71. The molecule has 1 amide bonds. The molecule has 0 saturated carbocycles. The number of carbonyl (C=O) groups is 1. The van der Waals surface area contributed by atoms with Crippen molar-refractivity contribution in [2.75, 3.05) is 13.1 Å². The highest BCUT2D eigenvalue weighted by Crippen LogP contribution is 2.15. The lowest BCUT2D eigenvalue weighted by Gasteiger charge is -2.29. The molecule has 1 saturated heterocycles. The number of piperidine rings is 1. The molecule has 0 unspecified atom stereocenters. The van der Waals surface area contributed by atoms with Crippen molar-refractivity contribution in [3.63, 3.8) is 0 Å². The molecule has 0 bridgehead atoms. The van der Waals surface area contributed by atoms with Gasteiger partial charge in [0, 0.05) is 19.1 Å². The maximum absolute atomic E-state index is 11.9. The molecule has 1 fully saturated rings. The normalized spacial score (nSPS) is 18.5. The third-order valence-corrected chi connectivity index (χ3v) is 3.42. The maximum atomic E-state index is 11.9. The van der Waals surface area contributed by atoms with Crippen molar-refractivity contribution in [2.24, 2.45) is 5.73 Å². The van der Waals surface area contributed by atoms with Gasteiger partial charge in [0.2, 0.25) is 0 Å². The van der Waals surface area contributed by atoms with Crippen molar-refractivity contribution in [1.82, 2.24) is 4.90 Å². The molecule has 2 rings (SSSR count). The topological polar surface area (TPSA) is 46.3 Å². The summed E-state index contributed by atoms with van der Waals surface area (Å²) in [6.45, 7) is 1.61. The van der Waals surface area contributed by atoms with E-state index < -0.39 is 0 Å². The van der Waals surface area contributed by atoms with Crippen molar-refractivity contribution in [2.45, 2.75) is 18.9 Å². The average molecular weight is 210 g/mol. The van der Waals surface area contributed by atoms with Crippen molar-refractivity contribution in [3.05, 3.63) is 22.4 Å². The fraction of sp³-hybridized carbons (Fsp3) is 0.500. The molecule has 1 aliphatic heterocycles. The zero-order valence-electron chi connectivity index (χ0n) is 7.98. The largest absolute Gasteiger partial charge is 0.338 e. The van der Waals surface area contributed by atoms with Gasteiger partial charge in [-0.05, 0) is 24.3 Å². The van der Waals surface area contributed by atoms with Crippen LogP contribution in [0.2, 0.25) is 0 Å².